The second-order valence-electron chi connectivity index (χ2n) is 6.02. The molecule has 0 aromatic heterocycles. The zero-order valence-electron chi connectivity index (χ0n) is 12.1. The topological polar surface area (TPSA) is 52.6 Å². The van der Waals surface area contributed by atoms with Crippen molar-refractivity contribution < 1.29 is 9.90 Å². The number of amides is 1. The maximum absolute atomic E-state index is 12.9. The number of hydrogen-bond acceptors (Lipinski definition) is 3. The van der Waals surface area contributed by atoms with E-state index >= 15 is 0 Å². The van der Waals surface area contributed by atoms with Gasteiger partial charge in [-0.3, -0.25) is 4.79 Å². The minimum absolute atomic E-state index is 0.105. The monoisotopic (exact) mass is 274 g/mol. The minimum atomic E-state index is -0.238. The summed E-state index contributed by atoms with van der Waals surface area (Å²) in [5, 5.41) is 13.0. The minimum Gasteiger partial charge on any atom is -0.393 e. The van der Waals surface area contributed by atoms with E-state index < -0.39 is 0 Å². The molecule has 2 N–H and O–H groups in total. The van der Waals surface area contributed by atoms with Crippen molar-refractivity contribution in [3.05, 3.63) is 29.3 Å². The Hall–Kier alpha value is -1.55. The van der Waals surface area contributed by atoms with Crippen LogP contribution in [0.5, 0.6) is 0 Å². The molecule has 0 spiro atoms. The van der Waals surface area contributed by atoms with Crippen molar-refractivity contribution in [2.45, 2.75) is 50.8 Å². The zero-order chi connectivity index (χ0) is 14.3. The average molecular weight is 274 g/mol. The summed E-state index contributed by atoms with van der Waals surface area (Å²) in [4.78, 5) is 14.9. The highest BCUT2D eigenvalue weighted by molar-refractivity contribution is 6.00. The SMILES string of the molecule is CNc1cc(C)ccc1C(=O)N1C2CCC1CC(O)C2. The van der Waals surface area contributed by atoms with Gasteiger partial charge in [0.05, 0.1) is 11.7 Å². The Morgan fingerprint density at radius 3 is 2.55 bits per heavy atom. The van der Waals surface area contributed by atoms with Gasteiger partial charge >= 0.3 is 0 Å². The van der Waals surface area contributed by atoms with Crippen LogP contribution in [-0.4, -0.2) is 41.1 Å². The summed E-state index contributed by atoms with van der Waals surface area (Å²) in [6.45, 7) is 2.02. The highest BCUT2D eigenvalue weighted by Crippen LogP contribution is 2.37. The summed E-state index contributed by atoms with van der Waals surface area (Å²) in [5.74, 6) is 0.105. The molecular formula is C16H22N2O2. The van der Waals surface area contributed by atoms with Gasteiger partial charge in [-0.05, 0) is 50.3 Å². The van der Waals surface area contributed by atoms with Crippen molar-refractivity contribution >= 4 is 11.6 Å². The van der Waals surface area contributed by atoms with Crippen molar-refractivity contribution in [2.24, 2.45) is 0 Å². The van der Waals surface area contributed by atoms with E-state index in [-0.39, 0.29) is 24.1 Å². The van der Waals surface area contributed by atoms with Crippen LogP contribution in [0.3, 0.4) is 0 Å². The number of benzene rings is 1. The number of carbonyl (C=O) groups is 1. The molecule has 2 saturated heterocycles. The highest BCUT2D eigenvalue weighted by Gasteiger charge is 2.43. The lowest BCUT2D eigenvalue weighted by Crippen LogP contribution is -2.48. The van der Waals surface area contributed by atoms with E-state index in [0.717, 1.165) is 42.5 Å². The van der Waals surface area contributed by atoms with Gasteiger partial charge in [-0.2, -0.15) is 0 Å². The van der Waals surface area contributed by atoms with Crippen molar-refractivity contribution in [1.29, 1.82) is 0 Å². The van der Waals surface area contributed by atoms with Gasteiger partial charge in [0.1, 0.15) is 0 Å². The summed E-state index contributed by atoms with van der Waals surface area (Å²) in [6.07, 6.45) is 3.26. The molecule has 1 aromatic rings. The van der Waals surface area contributed by atoms with Crippen LogP contribution in [-0.2, 0) is 0 Å². The molecule has 2 atom stereocenters. The first kappa shape index (κ1) is 13.4. The predicted octanol–water partition coefficient (Wildman–Crippen LogP) is 2.16. The average Bonchev–Trinajstić information content (AvgIpc) is 2.70. The number of aryl methyl sites for hydroxylation is 1. The number of nitrogens with zero attached hydrogens (tertiary/aromatic N) is 1. The maximum atomic E-state index is 12.9. The Balaban J connectivity index is 1.90. The lowest BCUT2D eigenvalue weighted by atomic mass is 9.98. The molecule has 1 amide bonds. The molecule has 1 aromatic carbocycles. The molecule has 2 aliphatic rings. The van der Waals surface area contributed by atoms with Crippen LogP contribution in [0.4, 0.5) is 5.69 Å². The fourth-order valence-electron chi connectivity index (χ4n) is 3.67. The third-order valence-electron chi connectivity index (χ3n) is 4.62. The molecule has 2 unspecified atom stereocenters. The second-order valence-corrected chi connectivity index (χ2v) is 6.02. The number of hydrogen-bond donors (Lipinski definition) is 2. The number of rotatable bonds is 2. The van der Waals surface area contributed by atoms with Gasteiger partial charge in [0, 0.05) is 24.8 Å². The van der Waals surface area contributed by atoms with Crippen molar-refractivity contribution in [3.8, 4) is 0 Å². The second kappa shape index (κ2) is 5.09. The molecule has 2 fully saturated rings. The summed E-state index contributed by atoms with van der Waals surface area (Å²) >= 11 is 0. The van der Waals surface area contributed by atoms with E-state index in [0.29, 0.717) is 0 Å². The molecule has 0 radical (unpaired) electrons. The number of aliphatic hydroxyl groups is 1. The lowest BCUT2D eigenvalue weighted by Gasteiger charge is -2.37. The molecular weight excluding hydrogens is 252 g/mol. The van der Waals surface area contributed by atoms with E-state index in [1.807, 2.05) is 37.1 Å². The summed E-state index contributed by atoms with van der Waals surface area (Å²) < 4.78 is 0. The van der Waals surface area contributed by atoms with Gasteiger partial charge in [0.25, 0.3) is 5.91 Å². The van der Waals surface area contributed by atoms with Crippen LogP contribution in [0.25, 0.3) is 0 Å². The van der Waals surface area contributed by atoms with Crippen LogP contribution in [0.15, 0.2) is 18.2 Å². The lowest BCUT2D eigenvalue weighted by molar-refractivity contribution is 0.0287. The Bertz CT molecular complexity index is 515. The molecule has 0 saturated carbocycles. The van der Waals surface area contributed by atoms with E-state index in [1.165, 1.54) is 0 Å². The number of aliphatic hydroxyl groups excluding tert-OH is 1. The van der Waals surface area contributed by atoms with Gasteiger partial charge in [0.15, 0.2) is 0 Å². The van der Waals surface area contributed by atoms with Gasteiger partial charge in [0.2, 0.25) is 0 Å². The molecule has 20 heavy (non-hydrogen) atoms. The van der Waals surface area contributed by atoms with Crippen LogP contribution in [0.1, 0.15) is 41.6 Å². The quantitative estimate of drug-likeness (QED) is 0.869. The Morgan fingerprint density at radius 2 is 1.95 bits per heavy atom. The van der Waals surface area contributed by atoms with E-state index in [2.05, 4.69) is 5.32 Å². The fraction of sp³-hybridized carbons (Fsp3) is 0.562. The first-order valence-corrected chi connectivity index (χ1v) is 7.39. The first-order chi connectivity index (χ1) is 9.60. The van der Waals surface area contributed by atoms with Gasteiger partial charge < -0.3 is 15.3 Å². The normalized spacial score (nSPS) is 28.6. The maximum Gasteiger partial charge on any atom is 0.256 e. The van der Waals surface area contributed by atoms with Crippen molar-refractivity contribution in [3.63, 3.8) is 0 Å². The number of carbonyl (C=O) groups excluding carboxylic acids is 1. The molecule has 2 aliphatic heterocycles. The molecule has 4 heteroatoms. The van der Waals surface area contributed by atoms with Crippen molar-refractivity contribution in [1.82, 2.24) is 4.90 Å². The Labute approximate surface area is 119 Å². The van der Waals surface area contributed by atoms with Crippen molar-refractivity contribution in [2.75, 3.05) is 12.4 Å². The first-order valence-electron chi connectivity index (χ1n) is 7.39. The smallest absolute Gasteiger partial charge is 0.256 e. The Morgan fingerprint density at radius 1 is 1.30 bits per heavy atom. The molecule has 2 heterocycles. The molecule has 0 aliphatic carbocycles. The number of nitrogens with one attached hydrogen (secondary N) is 1. The third kappa shape index (κ3) is 2.18. The largest absolute Gasteiger partial charge is 0.393 e. The van der Waals surface area contributed by atoms with Gasteiger partial charge in [-0.15, -0.1) is 0 Å². The molecule has 3 rings (SSSR count). The zero-order valence-corrected chi connectivity index (χ0v) is 12.1. The molecule has 108 valence electrons. The molecule has 4 nitrogen and oxygen atoms in total. The summed E-state index contributed by atoms with van der Waals surface area (Å²) in [5.41, 5.74) is 2.77. The van der Waals surface area contributed by atoms with Crippen LogP contribution in [0.2, 0.25) is 0 Å². The summed E-state index contributed by atoms with van der Waals surface area (Å²) in [7, 11) is 1.85. The van der Waals surface area contributed by atoms with Crippen LogP contribution < -0.4 is 5.32 Å². The number of fused-ring (bicyclic) bond motifs is 2. The fourth-order valence-corrected chi connectivity index (χ4v) is 3.67. The van der Waals surface area contributed by atoms with Gasteiger partial charge in [-0.1, -0.05) is 6.07 Å². The predicted molar refractivity (Wildman–Crippen MR) is 78.9 cm³/mol. The van der Waals surface area contributed by atoms with Crippen LogP contribution in [0, 0.1) is 6.92 Å². The summed E-state index contributed by atoms with van der Waals surface area (Å²) in [6, 6.07) is 6.32. The number of anilines is 1. The number of piperidine rings is 1. The van der Waals surface area contributed by atoms with E-state index in [1.54, 1.807) is 0 Å². The standard InChI is InChI=1S/C16H22N2O2/c1-10-3-6-14(15(7-10)17-2)16(20)18-11-4-5-12(18)9-13(19)8-11/h3,6-7,11-13,17,19H,4-5,8-9H2,1-2H3. The van der Waals surface area contributed by atoms with E-state index in [9.17, 15) is 9.90 Å². The van der Waals surface area contributed by atoms with Gasteiger partial charge in [-0.25, -0.2) is 0 Å². The molecule has 2 bridgehead atoms. The Kier molecular flexibility index (Phi) is 3.42. The van der Waals surface area contributed by atoms with E-state index in [4.69, 9.17) is 0 Å². The third-order valence-corrected chi connectivity index (χ3v) is 4.62. The van der Waals surface area contributed by atoms with Crippen LogP contribution >= 0.6 is 0 Å². The highest BCUT2D eigenvalue weighted by atomic mass is 16.3.